The quantitative estimate of drug-likeness (QED) is 0.778. The fourth-order valence-electron chi connectivity index (χ4n) is 3.35. The van der Waals surface area contributed by atoms with Gasteiger partial charge in [-0.1, -0.05) is 42.5 Å². The lowest BCUT2D eigenvalue weighted by molar-refractivity contribution is -0.121. The molecule has 2 amide bonds. The van der Waals surface area contributed by atoms with E-state index in [1.54, 1.807) is 23.2 Å². The second-order valence-electron chi connectivity index (χ2n) is 6.42. The molecular weight excluding hydrogens is 342 g/mol. The maximum atomic E-state index is 13.2. The second kappa shape index (κ2) is 7.45. The number of rotatable bonds is 3. The lowest BCUT2D eigenvalue weighted by atomic mass is 10.0. The summed E-state index contributed by atoms with van der Waals surface area (Å²) in [5.41, 5.74) is 2.39. The molecule has 0 unspecified atom stereocenters. The molecule has 1 fully saturated rings. The zero-order valence-corrected chi connectivity index (χ0v) is 14.7. The maximum absolute atomic E-state index is 13.2. The van der Waals surface area contributed by atoms with Gasteiger partial charge in [-0.2, -0.15) is 0 Å². The first-order chi connectivity index (χ1) is 13.2. The van der Waals surface area contributed by atoms with Crippen molar-refractivity contribution in [2.24, 2.45) is 0 Å². The first kappa shape index (κ1) is 17.0. The summed E-state index contributed by atoms with van der Waals surface area (Å²) in [6, 6.07) is 16.6. The van der Waals surface area contributed by atoms with Gasteiger partial charge in [0.1, 0.15) is 0 Å². The number of nitrogens with one attached hydrogen (secondary N) is 1. The molecule has 0 aliphatic carbocycles. The van der Waals surface area contributed by atoms with E-state index in [0.29, 0.717) is 24.4 Å². The van der Waals surface area contributed by atoms with Crippen molar-refractivity contribution < 1.29 is 14.0 Å². The van der Waals surface area contributed by atoms with Crippen LogP contribution in [0.5, 0.6) is 0 Å². The van der Waals surface area contributed by atoms with E-state index in [1.165, 1.54) is 6.39 Å². The Morgan fingerprint density at radius 1 is 1.11 bits per heavy atom. The van der Waals surface area contributed by atoms with Crippen LogP contribution in [-0.2, 0) is 4.79 Å². The Kier molecular flexibility index (Phi) is 4.70. The van der Waals surface area contributed by atoms with Crippen molar-refractivity contribution in [1.82, 2.24) is 15.2 Å². The largest absolute Gasteiger partial charge is 0.444 e. The first-order valence-corrected chi connectivity index (χ1v) is 8.84. The maximum Gasteiger partial charge on any atom is 0.254 e. The molecule has 1 saturated heterocycles. The first-order valence-electron chi connectivity index (χ1n) is 8.84. The summed E-state index contributed by atoms with van der Waals surface area (Å²) in [6.07, 6.45) is 3.26. The van der Waals surface area contributed by atoms with Crippen molar-refractivity contribution in [2.75, 3.05) is 13.1 Å². The third-order valence-electron chi connectivity index (χ3n) is 4.72. The van der Waals surface area contributed by atoms with Gasteiger partial charge >= 0.3 is 0 Å². The molecule has 6 nitrogen and oxygen atoms in total. The van der Waals surface area contributed by atoms with E-state index in [9.17, 15) is 9.59 Å². The average molecular weight is 361 g/mol. The lowest BCUT2D eigenvalue weighted by Gasteiger charge is -2.29. The number of amides is 2. The highest BCUT2D eigenvalue weighted by molar-refractivity contribution is 5.95. The fourth-order valence-corrected chi connectivity index (χ4v) is 3.35. The van der Waals surface area contributed by atoms with Crippen LogP contribution in [-0.4, -0.2) is 34.8 Å². The van der Waals surface area contributed by atoms with Crippen LogP contribution in [0.15, 0.2) is 71.6 Å². The molecule has 27 heavy (non-hydrogen) atoms. The molecule has 136 valence electrons. The van der Waals surface area contributed by atoms with Crippen LogP contribution in [0.3, 0.4) is 0 Å². The van der Waals surface area contributed by atoms with Crippen molar-refractivity contribution in [3.05, 3.63) is 78.3 Å². The van der Waals surface area contributed by atoms with Crippen molar-refractivity contribution in [1.29, 1.82) is 0 Å². The van der Waals surface area contributed by atoms with Gasteiger partial charge in [0, 0.05) is 24.2 Å². The zero-order valence-electron chi connectivity index (χ0n) is 14.7. The van der Waals surface area contributed by atoms with Crippen LogP contribution in [0.4, 0.5) is 0 Å². The van der Waals surface area contributed by atoms with Crippen molar-refractivity contribution in [2.45, 2.75) is 12.5 Å². The number of hydrogen-bond acceptors (Lipinski definition) is 4. The third-order valence-corrected chi connectivity index (χ3v) is 4.72. The Hall–Kier alpha value is -3.41. The second-order valence-corrected chi connectivity index (χ2v) is 6.42. The monoisotopic (exact) mass is 361 g/mol. The van der Waals surface area contributed by atoms with Gasteiger partial charge in [0.15, 0.2) is 12.2 Å². The highest BCUT2D eigenvalue weighted by Gasteiger charge is 2.30. The number of hydrogen-bond donors (Lipinski definition) is 1. The molecule has 1 aromatic heterocycles. The van der Waals surface area contributed by atoms with Gasteiger partial charge in [-0.25, -0.2) is 4.98 Å². The predicted octanol–water partition coefficient (Wildman–Crippen LogP) is 3.05. The summed E-state index contributed by atoms with van der Waals surface area (Å²) in [4.78, 5) is 31.0. The van der Waals surface area contributed by atoms with E-state index < -0.39 is 0 Å². The SMILES string of the molecule is O=C1C[C@@H](c2ccccc2)N(C(=O)c2ccc(-c3cnco3)cc2)CCN1. The summed E-state index contributed by atoms with van der Waals surface area (Å²) >= 11 is 0. The van der Waals surface area contributed by atoms with E-state index in [-0.39, 0.29) is 24.3 Å². The van der Waals surface area contributed by atoms with Crippen molar-refractivity contribution >= 4 is 11.8 Å². The summed E-state index contributed by atoms with van der Waals surface area (Å²) in [7, 11) is 0. The number of carbonyl (C=O) groups excluding carboxylic acids is 2. The van der Waals surface area contributed by atoms with Gasteiger partial charge in [0.2, 0.25) is 5.91 Å². The Balaban J connectivity index is 1.62. The molecule has 0 bridgehead atoms. The minimum Gasteiger partial charge on any atom is -0.444 e. The molecule has 6 heteroatoms. The van der Waals surface area contributed by atoms with Crippen LogP contribution in [0.1, 0.15) is 28.4 Å². The van der Waals surface area contributed by atoms with Gasteiger partial charge in [-0.3, -0.25) is 9.59 Å². The topological polar surface area (TPSA) is 75.4 Å². The van der Waals surface area contributed by atoms with E-state index in [0.717, 1.165) is 11.1 Å². The van der Waals surface area contributed by atoms with E-state index in [2.05, 4.69) is 10.3 Å². The van der Waals surface area contributed by atoms with Crippen molar-refractivity contribution in [3.63, 3.8) is 0 Å². The third kappa shape index (κ3) is 3.60. The molecule has 0 spiro atoms. The highest BCUT2D eigenvalue weighted by atomic mass is 16.3. The summed E-state index contributed by atoms with van der Waals surface area (Å²) in [5, 5.41) is 2.86. The van der Waals surface area contributed by atoms with Crippen LogP contribution >= 0.6 is 0 Å². The molecule has 3 aromatic rings. The van der Waals surface area contributed by atoms with Gasteiger partial charge in [0.25, 0.3) is 5.91 Å². The van der Waals surface area contributed by atoms with Crippen LogP contribution in [0.25, 0.3) is 11.3 Å². The van der Waals surface area contributed by atoms with Crippen LogP contribution in [0.2, 0.25) is 0 Å². The molecule has 1 N–H and O–H groups in total. The van der Waals surface area contributed by atoms with Gasteiger partial charge < -0.3 is 14.6 Å². The molecular formula is C21H19N3O3. The molecule has 1 aliphatic heterocycles. The standard InChI is InChI=1S/C21H19N3O3/c25-20-12-18(15-4-2-1-3-5-15)24(11-10-23-20)21(26)17-8-6-16(7-9-17)19-13-22-14-27-19/h1-9,13-14,18H,10-12H2,(H,23,25)/t18-/m0/s1. The molecule has 0 radical (unpaired) electrons. The molecule has 0 saturated carbocycles. The number of oxazole rings is 1. The fraction of sp³-hybridized carbons (Fsp3) is 0.190. The number of benzene rings is 2. The number of carbonyl (C=O) groups is 2. The molecule has 2 heterocycles. The number of aromatic nitrogens is 1. The molecule has 2 aromatic carbocycles. The Labute approximate surface area is 156 Å². The minimum atomic E-state index is -0.282. The van der Waals surface area contributed by atoms with Crippen LogP contribution in [0, 0.1) is 0 Å². The molecule has 1 atom stereocenters. The smallest absolute Gasteiger partial charge is 0.254 e. The Morgan fingerprint density at radius 3 is 2.59 bits per heavy atom. The summed E-state index contributed by atoms with van der Waals surface area (Å²) in [6.45, 7) is 0.915. The molecule has 4 rings (SSSR count). The lowest BCUT2D eigenvalue weighted by Crippen LogP contribution is -2.36. The normalized spacial score (nSPS) is 17.3. The summed E-state index contributed by atoms with van der Waals surface area (Å²) in [5.74, 6) is 0.519. The van der Waals surface area contributed by atoms with E-state index in [4.69, 9.17) is 4.42 Å². The highest BCUT2D eigenvalue weighted by Crippen LogP contribution is 2.28. The van der Waals surface area contributed by atoms with Gasteiger partial charge in [-0.05, 0) is 17.7 Å². The van der Waals surface area contributed by atoms with Gasteiger partial charge in [0.05, 0.1) is 18.7 Å². The number of nitrogens with zero attached hydrogens (tertiary/aromatic N) is 2. The average Bonchev–Trinajstić information content (AvgIpc) is 3.18. The van der Waals surface area contributed by atoms with Gasteiger partial charge in [-0.15, -0.1) is 0 Å². The van der Waals surface area contributed by atoms with E-state index >= 15 is 0 Å². The molecule has 1 aliphatic rings. The van der Waals surface area contributed by atoms with Crippen molar-refractivity contribution in [3.8, 4) is 11.3 Å². The zero-order chi connectivity index (χ0) is 18.6. The van der Waals surface area contributed by atoms with Crippen LogP contribution < -0.4 is 5.32 Å². The summed E-state index contributed by atoms with van der Waals surface area (Å²) < 4.78 is 5.29. The Bertz CT molecular complexity index is 921. The minimum absolute atomic E-state index is 0.0418. The predicted molar refractivity (Wildman–Crippen MR) is 99.8 cm³/mol. The van der Waals surface area contributed by atoms with E-state index in [1.807, 2.05) is 42.5 Å². The Morgan fingerprint density at radius 2 is 1.89 bits per heavy atom.